The molecule has 0 fully saturated rings. The van der Waals surface area contributed by atoms with Gasteiger partial charge >= 0.3 is 0 Å². The van der Waals surface area contributed by atoms with Crippen LogP contribution in [0, 0.1) is 6.92 Å². The average Bonchev–Trinajstić information content (AvgIpc) is 2.40. The van der Waals surface area contributed by atoms with Gasteiger partial charge in [0.1, 0.15) is 0 Å². The lowest BCUT2D eigenvalue weighted by Gasteiger charge is -1.60. The highest BCUT2D eigenvalue weighted by Gasteiger charge is 1.79. The number of allylic oxidation sites excluding steroid dienone is 2. The summed E-state index contributed by atoms with van der Waals surface area (Å²) in [6.45, 7) is 5.77. The van der Waals surface area contributed by atoms with Crippen LogP contribution in [0.4, 0.5) is 0 Å². The van der Waals surface area contributed by atoms with Gasteiger partial charge in [0.05, 0.1) is 0 Å². The molecule has 1 rings (SSSR count). The van der Waals surface area contributed by atoms with E-state index in [1.54, 1.807) is 6.92 Å². The van der Waals surface area contributed by atoms with Crippen LogP contribution in [-0.4, -0.2) is 10.1 Å². The molecular formula is C7H12N2O. The molecule has 3 nitrogen and oxygen atoms in total. The summed E-state index contributed by atoms with van der Waals surface area (Å²) in [5.74, 6) is 0.676. The maximum absolute atomic E-state index is 4.35. The van der Waals surface area contributed by atoms with Crippen molar-refractivity contribution >= 4 is 0 Å². The third-order valence-corrected chi connectivity index (χ3v) is 0.805. The highest BCUT2D eigenvalue weighted by atomic mass is 16.5. The first-order valence-electron chi connectivity index (χ1n) is 3.11. The molecule has 1 aromatic rings. The molecule has 56 valence electrons. The van der Waals surface area contributed by atoms with Crippen molar-refractivity contribution in [1.82, 2.24) is 10.1 Å². The number of nitrogens with zero attached hydrogens (tertiary/aromatic N) is 2. The largest absolute Gasteiger partial charge is 0.343 e. The molecule has 0 amide bonds. The van der Waals surface area contributed by atoms with E-state index in [0.29, 0.717) is 5.82 Å². The summed E-state index contributed by atoms with van der Waals surface area (Å²) >= 11 is 0. The summed E-state index contributed by atoms with van der Waals surface area (Å²) in [4.78, 5) is 3.64. The first-order chi connectivity index (χ1) is 4.81. The lowest BCUT2D eigenvalue weighted by Crippen LogP contribution is -1.66. The second-order valence-corrected chi connectivity index (χ2v) is 1.65. The molecule has 0 unspecified atom stereocenters. The van der Waals surface area contributed by atoms with Gasteiger partial charge < -0.3 is 4.52 Å². The van der Waals surface area contributed by atoms with Crippen molar-refractivity contribution in [1.29, 1.82) is 0 Å². The number of hydrogen-bond acceptors (Lipinski definition) is 3. The van der Waals surface area contributed by atoms with Crippen LogP contribution in [0.2, 0.25) is 0 Å². The van der Waals surface area contributed by atoms with E-state index >= 15 is 0 Å². The Bertz CT molecular complexity index is 164. The van der Waals surface area contributed by atoms with Crippen molar-refractivity contribution in [3.05, 3.63) is 24.4 Å². The molecule has 0 aliphatic rings. The number of aryl methyl sites for hydroxylation is 1. The quantitative estimate of drug-likeness (QED) is 0.517. The molecule has 1 heterocycles. The van der Waals surface area contributed by atoms with Gasteiger partial charge in [-0.2, -0.15) is 4.98 Å². The molecule has 10 heavy (non-hydrogen) atoms. The zero-order valence-corrected chi connectivity index (χ0v) is 6.53. The van der Waals surface area contributed by atoms with Gasteiger partial charge in [0.15, 0.2) is 5.82 Å². The van der Waals surface area contributed by atoms with Crippen molar-refractivity contribution < 1.29 is 4.52 Å². The molecule has 0 aromatic carbocycles. The minimum absolute atomic E-state index is 0.676. The van der Waals surface area contributed by atoms with Crippen LogP contribution in [-0.2, 0) is 0 Å². The summed E-state index contributed by atoms with van der Waals surface area (Å²) in [6.07, 6.45) is 5.30. The van der Waals surface area contributed by atoms with Gasteiger partial charge in [-0.15, -0.1) is 0 Å². The monoisotopic (exact) mass is 140 g/mol. The fourth-order valence-electron chi connectivity index (χ4n) is 0.223. The molecular weight excluding hydrogens is 128 g/mol. The van der Waals surface area contributed by atoms with Crippen molar-refractivity contribution in [2.45, 2.75) is 20.8 Å². The first-order valence-corrected chi connectivity index (χ1v) is 3.11. The molecule has 0 N–H and O–H groups in total. The maximum Gasteiger partial charge on any atom is 0.213 e. The topological polar surface area (TPSA) is 38.9 Å². The lowest BCUT2D eigenvalue weighted by molar-refractivity contribution is 0.412. The summed E-state index contributed by atoms with van der Waals surface area (Å²) in [5, 5.41) is 3.43. The third-order valence-electron chi connectivity index (χ3n) is 0.805. The fourth-order valence-corrected chi connectivity index (χ4v) is 0.223. The van der Waals surface area contributed by atoms with E-state index in [1.807, 2.05) is 26.0 Å². The summed E-state index contributed by atoms with van der Waals surface area (Å²) in [6, 6.07) is 0. The van der Waals surface area contributed by atoms with Gasteiger partial charge in [-0.05, 0) is 20.8 Å². The standard InChI is InChI=1S/C4H8.C3H4N2O/c1-3-4-2;1-3-4-2-6-5-3/h3-4H,1-2H3;2H,1H3/b4-3+;. The Morgan fingerprint density at radius 1 is 1.40 bits per heavy atom. The predicted octanol–water partition coefficient (Wildman–Crippen LogP) is 1.96. The fraction of sp³-hybridized carbons (Fsp3) is 0.429. The molecule has 1 aromatic heterocycles. The minimum Gasteiger partial charge on any atom is -0.343 e. The zero-order valence-electron chi connectivity index (χ0n) is 6.53. The van der Waals surface area contributed by atoms with Crippen molar-refractivity contribution in [2.24, 2.45) is 0 Å². The van der Waals surface area contributed by atoms with Crippen LogP contribution in [0.1, 0.15) is 19.7 Å². The van der Waals surface area contributed by atoms with Crippen LogP contribution in [0.15, 0.2) is 23.1 Å². The van der Waals surface area contributed by atoms with Crippen LogP contribution < -0.4 is 0 Å². The van der Waals surface area contributed by atoms with Crippen LogP contribution in [0.25, 0.3) is 0 Å². The van der Waals surface area contributed by atoms with Crippen molar-refractivity contribution in [3.63, 3.8) is 0 Å². The van der Waals surface area contributed by atoms with E-state index in [4.69, 9.17) is 0 Å². The molecule has 0 saturated carbocycles. The Morgan fingerprint density at radius 3 is 2.10 bits per heavy atom. The molecule has 0 spiro atoms. The van der Waals surface area contributed by atoms with Gasteiger partial charge in [0.2, 0.25) is 6.39 Å². The van der Waals surface area contributed by atoms with Gasteiger partial charge in [-0.3, -0.25) is 0 Å². The maximum atomic E-state index is 4.35. The predicted molar refractivity (Wildman–Crippen MR) is 39.5 cm³/mol. The van der Waals surface area contributed by atoms with Crippen molar-refractivity contribution in [2.75, 3.05) is 0 Å². The van der Waals surface area contributed by atoms with Gasteiger partial charge in [-0.1, -0.05) is 17.3 Å². The summed E-state index contributed by atoms with van der Waals surface area (Å²) in [7, 11) is 0. The van der Waals surface area contributed by atoms with E-state index in [2.05, 4.69) is 14.7 Å². The van der Waals surface area contributed by atoms with Gasteiger partial charge in [0, 0.05) is 0 Å². The molecule has 0 radical (unpaired) electrons. The Labute approximate surface area is 60.8 Å². The highest BCUT2D eigenvalue weighted by Crippen LogP contribution is 1.78. The minimum atomic E-state index is 0.676. The first kappa shape index (κ1) is 8.88. The SMILES string of the molecule is C/C=C/C.Cc1ncon1. The van der Waals surface area contributed by atoms with E-state index in [1.165, 1.54) is 6.39 Å². The average molecular weight is 140 g/mol. The summed E-state index contributed by atoms with van der Waals surface area (Å²) in [5.41, 5.74) is 0. The van der Waals surface area contributed by atoms with E-state index in [9.17, 15) is 0 Å². The Balaban J connectivity index is 0.000000180. The number of rotatable bonds is 0. The smallest absolute Gasteiger partial charge is 0.213 e. The Hall–Kier alpha value is -1.12. The molecule has 0 bridgehead atoms. The Kier molecular flexibility index (Phi) is 5.33. The summed E-state index contributed by atoms with van der Waals surface area (Å²) < 4.78 is 4.35. The molecule has 0 saturated heterocycles. The zero-order chi connectivity index (χ0) is 7.82. The van der Waals surface area contributed by atoms with E-state index < -0.39 is 0 Å². The third kappa shape index (κ3) is 5.03. The molecule has 0 aliphatic carbocycles. The normalized spacial score (nSPS) is 9.10. The number of aromatic nitrogens is 2. The van der Waals surface area contributed by atoms with Gasteiger partial charge in [-0.25, -0.2) is 0 Å². The molecule has 0 atom stereocenters. The molecule has 3 heteroatoms. The second-order valence-electron chi connectivity index (χ2n) is 1.65. The van der Waals surface area contributed by atoms with E-state index in [-0.39, 0.29) is 0 Å². The lowest BCUT2D eigenvalue weighted by atomic mass is 10.6. The van der Waals surface area contributed by atoms with Crippen LogP contribution in [0.3, 0.4) is 0 Å². The van der Waals surface area contributed by atoms with Crippen LogP contribution in [0.5, 0.6) is 0 Å². The van der Waals surface area contributed by atoms with E-state index in [0.717, 1.165) is 0 Å². The number of hydrogen-bond donors (Lipinski definition) is 0. The second kappa shape index (κ2) is 6.01. The van der Waals surface area contributed by atoms with Crippen LogP contribution >= 0.6 is 0 Å². The Morgan fingerprint density at radius 2 is 2.00 bits per heavy atom. The van der Waals surface area contributed by atoms with Gasteiger partial charge in [0.25, 0.3) is 0 Å². The van der Waals surface area contributed by atoms with Crippen molar-refractivity contribution in [3.8, 4) is 0 Å². The highest BCUT2D eigenvalue weighted by molar-refractivity contribution is 4.68. The molecule has 0 aliphatic heterocycles.